The number of amides is 2. The van der Waals surface area contributed by atoms with E-state index in [1.807, 2.05) is 6.92 Å². The average Bonchev–Trinajstić information content (AvgIpc) is 3.27. The van der Waals surface area contributed by atoms with Gasteiger partial charge in [0.2, 0.25) is 5.91 Å². The van der Waals surface area contributed by atoms with Crippen molar-refractivity contribution < 1.29 is 9.59 Å². The van der Waals surface area contributed by atoms with E-state index in [-0.39, 0.29) is 24.2 Å². The Morgan fingerprint density at radius 3 is 2.67 bits per heavy atom. The molecule has 1 unspecified atom stereocenters. The predicted octanol–water partition coefficient (Wildman–Crippen LogP) is 3.02. The van der Waals surface area contributed by atoms with Crippen molar-refractivity contribution in [3.05, 3.63) is 28.2 Å². The van der Waals surface area contributed by atoms with Gasteiger partial charge in [0.05, 0.1) is 15.7 Å². The fourth-order valence-electron chi connectivity index (χ4n) is 2.87. The normalized spacial score (nSPS) is 26.5. The molecule has 1 N–H and O–H groups in total. The second-order valence-corrected chi connectivity index (χ2v) is 6.59. The van der Waals surface area contributed by atoms with Crippen LogP contribution in [0.25, 0.3) is 0 Å². The lowest BCUT2D eigenvalue weighted by molar-refractivity contribution is -0.130. The van der Waals surface area contributed by atoms with Crippen molar-refractivity contribution in [2.24, 2.45) is 5.92 Å². The summed E-state index contributed by atoms with van der Waals surface area (Å²) in [6.07, 6.45) is 2.18. The highest BCUT2D eigenvalue weighted by atomic mass is 35.5. The van der Waals surface area contributed by atoms with E-state index >= 15 is 0 Å². The minimum atomic E-state index is -0.848. The third kappa shape index (κ3) is 2.51. The van der Waals surface area contributed by atoms with E-state index in [1.165, 1.54) is 0 Å². The molecule has 0 bridgehead atoms. The third-order valence-electron chi connectivity index (χ3n) is 4.27. The van der Waals surface area contributed by atoms with Crippen molar-refractivity contribution in [1.29, 1.82) is 0 Å². The molecule has 4 nitrogen and oxygen atoms in total. The molecular formula is C15H16Cl2N2O2. The molecule has 1 aliphatic carbocycles. The van der Waals surface area contributed by atoms with Crippen LogP contribution in [0, 0.1) is 5.92 Å². The van der Waals surface area contributed by atoms with Gasteiger partial charge in [-0.15, -0.1) is 0 Å². The van der Waals surface area contributed by atoms with Crippen molar-refractivity contribution >= 4 is 40.7 Å². The maximum absolute atomic E-state index is 13.0. The molecule has 3 rings (SSSR count). The molecule has 6 heteroatoms. The molecule has 1 aliphatic heterocycles. The number of hydrogen-bond acceptors (Lipinski definition) is 2. The maximum atomic E-state index is 13.0. The summed E-state index contributed by atoms with van der Waals surface area (Å²) in [6, 6.07) is 5.19. The van der Waals surface area contributed by atoms with Crippen LogP contribution in [-0.4, -0.2) is 23.9 Å². The molecule has 1 heterocycles. The molecule has 112 valence electrons. The summed E-state index contributed by atoms with van der Waals surface area (Å²) in [5.74, 6) is -0.00840. The van der Waals surface area contributed by atoms with Crippen molar-refractivity contribution in [1.82, 2.24) is 5.32 Å². The number of rotatable bonds is 2. The van der Waals surface area contributed by atoms with E-state index in [0.29, 0.717) is 22.3 Å². The van der Waals surface area contributed by atoms with Gasteiger partial charge in [-0.3, -0.25) is 9.59 Å². The molecule has 1 saturated heterocycles. The van der Waals surface area contributed by atoms with Crippen LogP contribution in [0.1, 0.15) is 26.2 Å². The van der Waals surface area contributed by atoms with Crippen molar-refractivity contribution in [2.45, 2.75) is 31.7 Å². The fraction of sp³-hybridized carbons (Fsp3) is 0.467. The lowest BCUT2D eigenvalue weighted by atomic mass is 9.94. The predicted molar refractivity (Wildman–Crippen MR) is 82.7 cm³/mol. The van der Waals surface area contributed by atoms with Crippen molar-refractivity contribution in [3.63, 3.8) is 0 Å². The number of benzene rings is 1. The highest BCUT2D eigenvalue weighted by Crippen LogP contribution is 2.43. The second-order valence-electron chi connectivity index (χ2n) is 5.80. The third-order valence-corrected chi connectivity index (χ3v) is 5.08. The average molecular weight is 327 g/mol. The Kier molecular flexibility index (Phi) is 3.62. The van der Waals surface area contributed by atoms with E-state index in [1.54, 1.807) is 23.1 Å². The quantitative estimate of drug-likeness (QED) is 0.908. The molecule has 1 saturated carbocycles. The summed E-state index contributed by atoms with van der Waals surface area (Å²) in [7, 11) is 0. The zero-order valence-corrected chi connectivity index (χ0v) is 13.2. The molecule has 21 heavy (non-hydrogen) atoms. The summed E-state index contributed by atoms with van der Waals surface area (Å²) in [5, 5.41) is 3.64. The van der Waals surface area contributed by atoms with Crippen LogP contribution < -0.4 is 10.2 Å². The molecule has 1 atom stereocenters. The van der Waals surface area contributed by atoms with Gasteiger partial charge in [-0.1, -0.05) is 29.3 Å². The zero-order valence-electron chi connectivity index (χ0n) is 11.7. The van der Waals surface area contributed by atoms with Crippen LogP contribution >= 0.6 is 23.2 Å². The molecular weight excluding hydrogens is 311 g/mol. The van der Waals surface area contributed by atoms with E-state index in [0.717, 1.165) is 12.8 Å². The largest absolute Gasteiger partial charge is 0.342 e. The molecule has 1 aromatic carbocycles. The fourth-order valence-corrected chi connectivity index (χ4v) is 3.27. The number of nitrogens with one attached hydrogen (secondary N) is 1. The summed E-state index contributed by atoms with van der Waals surface area (Å²) >= 11 is 12.3. The molecule has 2 amide bonds. The molecule has 1 aromatic rings. The first-order chi connectivity index (χ1) is 9.93. The molecule has 0 spiro atoms. The van der Waals surface area contributed by atoms with Gasteiger partial charge in [-0.2, -0.15) is 0 Å². The Bertz CT molecular complexity index is 616. The highest BCUT2D eigenvalue weighted by molar-refractivity contribution is 6.44. The van der Waals surface area contributed by atoms with Crippen LogP contribution in [0.5, 0.6) is 0 Å². The second kappa shape index (κ2) is 5.18. The Morgan fingerprint density at radius 2 is 2.00 bits per heavy atom. The first-order valence-electron chi connectivity index (χ1n) is 7.00. The molecule has 0 radical (unpaired) electrons. The monoisotopic (exact) mass is 326 g/mol. The molecule has 0 aromatic heterocycles. The van der Waals surface area contributed by atoms with Gasteiger partial charge in [0.15, 0.2) is 0 Å². The SMILES string of the molecule is CC1(C2CC2)NC(=O)CCN(c2cccc(Cl)c2Cl)C1=O. The zero-order chi connectivity index (χ0) is 15.2. The number of anilines is 1. The van der Waals surface area contributed by atoms with Gasteiger partial charge in [0.1, 0.15) is 5.54 Å². The van der Waals surface area contributed by atoms with Gasteiger partial charge in [0, 0.05) is 13.0 Å². The Morgan fingerprint density at radius 1 is 1.29 bits per heavy atom. The summed E-state index contributed by atoms with van der Waals surface area (Å²) in [4.78, 5) is 26.5. The van der Waals surface area contributed by atoms with Crippen LogP contribution in [0.2, 0.25) is 10.0 Å². The van der Waals surface area contributed by atoms with Crippen LogP contribution in [0.3, 0.4) is 0 Å². The van der Waals surface area contributed by atoms with Gasteiger partial charge in [-0.05, 0) is 37.8 Å². The van der Waals surface area contributed by atoms with Crippen LogP contribution in [0.15, 0.2) is 18.2 Å². The van der Waals surface area contributed by atoms with E-state index < -0.39 is 5.54 Å². The first kappa shape index (κ1) is 14.7. The van der Waals surface area contributed by atoms with Crippen LogP contribution in [-0.2, 0) is 9.59 Å². The summed E-state index contributed by atoms with van der Waals surface area (Å²) in [6.45, 7) is 2.12. The van der Waals surface area contributed by atoms with Gasteiger partial charge in [0.25, 0.3) is 5.91 Å². The number of halogens is 2. The minimum Gasteiger partial charge on any atom is -0.342 e. The summed E-state index contributed by atoms with van der Waals surface area (Å²) in [5.41, 5.74) is -0.281. The van der Waals surface area contributed by atoms with E-state index in [2.05, 4.69) is 5.32 Å². The Hall–Kier alpha value is -1.26. The summed E-state index contributed by atoms with van der Waals surface area (Å²) < 4.78 is 0. The van der Waals surface area contributed by atoms with Gasteiger partial charge in [-0.25, -0.2) is 0 Å². The van der Waals surface area contributed by atoms with Crippen molar-refractivity contribution in [3.8, 4) is 0 Å². The topological polar surface area (TPSA) is 49.4 Å². The van der Waals surface area contributed by atoms with E-state index in [4.69, 9.17) is 23.2 Å². The smallest absolute Gasteiger partial charge is 0.252 e. The highest BCUT2D eigenvalue weighted by Gasteiger charge is 2.51. The Balaban J connectivity index is 2.03. The first-order valence-corrected chi connectivity index (χ1v) is 7.76. The molecule has 2 fully saturated rings. The standard InChI is InChI=1S/C15H16Cl2N2O2/c1-15(9-5-6-9)14(21)19(8-7-12(20)18-15)11-4-2-3-10(16)13(11)17/h2-4,9H,5-8H2,1H3,(H,18,20). The van der Waals surface area contributed by atoms with Crippen molar-refractivity contribution in [2.75, 3.05) is 11.4 Å². The molecule has 2 aliphatic rings. The minimum absolute atomic E-state index is 0.0987. The number of nitrogens with zero attached hydrogens (tertiary/aromatic N) is 1. The lowest BCUT2D eigenvalue weighted by Crippen LogP contribution is -2.57. The number of carbonyl (C=O) groups excluding carboxylic acids is 2. The number of hydrogen-bond donors (Lipinski definition) is 1. The lowest BCUT2D eigenvalue weighted by Gasteiger charge is -2.32. The van der Waals surface area contributed by atoms with Crippen LogP contribution in [0.4, 0.5) is 5.69 Å². The van der Waals surface area contributed by atoms with Gasteiger partial charge < -0.3 is 10.2 Å². The number of carbonyl (C=O) groups is 2. The maximum Gasteiger partial charge on any atom is 0.252 e. The van der Waals surface area contributed by atoms with E-state index in [9.17, 15) is 9.59 Å². The Labute approximate surface area is 133 Å². The van der Waals surface area contributed by atoms with Gasteiger partial charge >= 0.3 is 0 Å².